The Bertz CT molecular complexity index is 706. The maximum atomic E-state index is 12.3. The van der Waals surface area contributed by atoms with Crippen molar-refractivity contribution in [3.8, 4) is 0 Å². The van der Waals surface area contributed by atoms with Crippen molar-refractivity contribution in [2.75, 3.05) is 46.4 Å². The third-order valence-corrected chi connectivity index (χ3v) is 5.79. The maximum Gasteiger partial charge on any atom is 0.240 e. The Morgan fingerprint density at radius 3 is 2.57 bits per heavy atom. The van der Waals surface area contributed by atoms with Gasteiger partial charge in [0, 0.05) is 33.3 Å². The monoisotopic (exact) mass is 524 g/mol. The highest BCUT2D eigenvalue weighted by Crippen LogP contribution is 2.28. The smallest absolute Gasteiger partial charge is 0.240 e. The van der Waals surface area contributed by atoms with Gasteiger partial charge in [0.15, 0.2) is 5.96 Å². The van der Waals surface area contributed by atoms with Crippen LogP contribution < -0.4 is 10.0 Å². The molecule has 1 aromatic carbocycles. The van der Waals surface area contributed by atoms with Gasteiger partial charge in [0.25, 0.3) is 0 Å². The number of ether oxygens (including phenoxy) is 1. The third kappa shape index (κ3) is 9.06. The Balaban J connectivity index is 0.00000392. The minimum absolute atomic E-state index is 0. The first-order chi connectivity index (χ1) is 12.9. The van der Waals surface area contributed by atoms with Crippen molar-refractivity contribution < 1.29 is 13.2 Å². The summed E-state index contributed by atoms with van der Waals surface area (Å²) in [5.74, 6) is 1.51. The molecule has 0 unspecified atom stereocenters. The number of aliphatic imine (C=N–C) groups is 1. The fraction of sp³-hybridized carbons (Fsp3) is 0.632. The van der Waals surface area contributed by atoms with Gasteiger partial charge >= 0.3 is 0 Å². The molecule has 1 saturated carbocycles. The number of sulfonamides is 1. The predicted octanol–water partition coefficient (Wildman–Crippen LogP) is 2.22. The normalized spacial score (nSPS) is 14.5. The van der Waals surface area contributed by atoms with Crippen LogP contribution in [0.5, 0.6) is 0 Å². The largest absolute Gasteiger partial charge is 0.379 e. The maximum absolute atomic E-state index is 12.3. The molecule has 1 aliphatic rings. The number of likely N-dealkylation sites (N-methyl/N-ethyl adjacent to an activating group) is 1. The fourth-order valence-corrected chi connectivity index (χ4v) is 3.48. The molecule has 7 nitrogen and oxygen atoms in total. The Labute approximate surface area is 186 Å². The van der Waals surface area contributed by atoms with Crippen LogP contribution in [-0.2, 0) is 14.8 Å². The van der Waals surface area contributed by atoms with E-state index in [4.69, 9.17) is 4.74 Å². The molecule has 1 aliphatic carbocycles. The van der Waals surface area contributed by atoms with E-state index in [1.54, 1.807) is 24.3 Å². The number of benzene rings is 1. The number of halogens is 1. The van der Waals surface area contributed by atoms with Crippen molar-refractivity contribution >= 4 is 40.0 Å². The first-order valence-electron chi connectivity index (χ1n) is 9.56. The van der Waals surface area contributed by atoms with Crippen molar-refractivity contribution in [3.05, 3.63) is 29.8 Å². The molecular formula is C19H33IN4O3S. The van der Waals surface area contributed by atoms with Crippen LogP contribution >= 0.6 is 24.0 Å². The number of nitrogens with zero attached hydrogens (tertiary/aromatic N) is 2. The minimum Gasteiger partial charge on any atom is -0.379 e. The van der Waals surface area contributed by atoms with Gasteiger partial charge in [0.05, 0.1) is 18.0 Å². The molecule has 2 rings (SSSR count). The Morgan fingerprint density at radius 1 is 1.29 bits per heavy atom. The van der Waals surface area contributed by atoms with Crippen LogP contribution in [-0.4, -0.2) is 65.7 Å². The molecule has 2 N–H and O–H groups in total. The fourth-order valence-electron chi connectivity index (χ4n) is 2.45. The van der Waals surface area contributed by atoms with E-state index in [2.05, 4.69) is 15.0 Å². The van der Waals surface area contributed by atoms with E-state index >= 15 is 0 Å². The van der Waals surface area contributed by atoms with E-state index < -0.39 is 10.0 Å². The summed E-state index contributed by atoms with van der Waals surface area (Å²) in [7, 11) is -1.54. The summed E-state index contributed by atoms with van der Waals surface area (Å²) >= 11 is 0. The molecule has 0 saturated heterocycles. The molecule has 0 spiro atoms. The van der Waals surface area contributed by atoms with Gasteiger partial charge in [-0.1, -0.05) is 17.7 Å². The minimum atomic E-state index is -3.50. The lowest BCUT2D eigenvalue weighted by Crippen LogP contribution is -2.41. The van der Waals surface area contributed by atoms with Gasteiger partial charge in [0.1, 0.15) is 0 Å². The zero-order chi connectivity index (χ0) is 19.7. The van der Waals surface area contributed by atoms with Gasteiger partial charge in [0.2, 0.25) is 10.0 Å². The number of guanidine groups is 1. The summed E-state index contributed by atoms with van der Waals surface area (Å²) in [5, 5.41) is 3.22. The van der Waals surface area contributed by atoms with Crippen LogP contribution in [0.25, 0.3) is 0 Å². The summed E-state index contributed by atoms with van der Waals surface area (Å²) in [6.07, 6.45) is 2.58. The molecule has 1 fully saturated rings. The highest BCUT2D eigenvalue weighted by Gasteiger charge is 2.21. The third-order valence-electron chi connectivity index (χ3n) is 4.31. The summed E-state index contributed by atoms with van der Waals surface area (Å²) in [6.45, 7) is 7.55. The van der Waals surface area contributed by atoms with Crippen LogP contribution in [0.2, 0.25) is 0 Å². The van der Waals surface area contributed by atoms with Crippen molar-refractivity contribution in [2.24, 2.45) is 10.9 Å². The van der Waals surface area contributed by atoms with E-state index in [0.717, 1.165) is 37.1 Å². The average molecular weight is 524 g/mol. The summed E-state index contributed by atoms with van der Waals surface area (Å²) in [4.78, 5) is 6.78. The quantitative estimate of drug-likeness (QED) is 0.201. The summed E-state index contributed by atoms with van der Waals surface area (Å²) in [6, 6.07) is 6.80. The standard InChI is InChI=1S/C19H32N4O3S.HI/c1-4-20-19(23(3)13-14-26-15-17-7-8-17)21-11-12-22-27(24,25)18-9-5-16(2)6-10-18;/h5-6,9-10,17,22H,4,7-8,11-15H2,1-3H3,(H,20,21);1H. The zero-order valence-electron chi connectivity index (χ0n) is 17.0. The van der Waals surface area contributed by atoms with Gasteiger partial charge in [-0.2, -0.15) is 0 Å². The molecule has 0 amide bonds. The van der Waals surface area contributed by atoms with Gasteiger partial charge in [-0.05, 0) is 44.7 Å². The molecule has 1 aromatic rings. The summed E-state index contributed by atoms with van der Waals surface area (Å²) in [5.41, 5.74) is 1.03. The van der Waals surface area contributed by atoms with Crippen molar-refractivity contribution in [3.63, 3.8) is 0 Å². The number of nitrogens with one attached hydrogen (secondary N) is 2. The lowest BCUT2D eigenvalue weighted by atomic mass is 10.2. The molecule has 160 valence electrons. The first kappa shape index (κ1) is 25.1. The second kappa shape index (κ2) is 12.6. The molecule has 0 bridgehead atoms. The molecule has 28 heavy (non-hydrogen) atoms. The Kier molecular flexibility index (Phi) is 11.3. The highest BCUT2D eigenvalue weighted by atomic mass is 127. The van der Waals surface area contributed by atoms with Gasteiger partial charge in [-0.15, -0.1) is 24.0 Å². The van der Waals surface area contributed by atoms with E-state index in [9.17, 15) is 8.42 Å². The Hall–Kier alpha value is -0.910. The molecule has 0 atom stereocenters. The van der Waals surface area contributed by atoms with Crippen LogP contribution in [0.4, 0.5) is 0 Å². The van der Waals surface area contributed by atoms with E-state index in [-0.39, 0.29) is 35.4 Å². The number of rotatable bonds is 11. The van der Waals surface area contributed by atoms with Crippen LogP contribution in [0.1, 0.15) is 25.3 Å². The van der Waals surface area contributed by atoms with Crippen LogP contribution in [0.3, 0.4) is 0 Å². The van der Waals surface area contributed by atoms with Crippen LogP contribution in [0.15, 0.2) is 34.2 Å². The van der Waals surface area contributed by atoms with E-state index in [1.807, 2.05) is 25.8 Å². The predicted molar refractivity (Wildman–Crippen MR) is 124 cm³/mol. The highest BCUT2D eigenvalue weighted by molar-refractivity contribution is 14.0. The second-order valence-corrected chi connectivity index (χ2v) is 8.65. The lowest BCUT2D eigenvalue weighted by Gasteiger charge is -2.22. The van der Waals surface area contributed by atoms with Crippen molar-refractivity contribution in [1.29, 1.82) is 0 Å². The number of hydrogen-bond donors (Lipinski definition) is 2. The first-order valence-corrected chi connectivity index (χ1v) is 11.0. The molecule has 0 heterocycles. The average Bonchev–Trinajstić information content (AvgIpc) is 3.46. The lowest BCUT2D eigenvalue weighted by molar-refractivity contribution is 0.115. The molecule has 0 aromatic heterocycles. The van der Waals surface area contributed by atoms with Gasteiger partial charge in [-0.3, -0.25) is 4.99 Å². The Morgan fingerprint density at radius 2 is 1.96 bits per heavy atom. The molecule has 0 aliphatic heterocycles. The number of aryl methyl sites for hydroxylation is 1. The topological polar surface area (TPSA) is 83.0 Å². The van der Waals surface area contributed by atoms with Gasteiger partial charge in [-0.25, -0.2) is 13.1 Å². The SMILES string of the molecule is CCNC(=NCCNS(=O)(=O)c1ccc(C)cc1)N(C)CCOCC1CC1.I. The molecule has 9 heteroatoms. The van der Waals surface area contributed by atoms with E-state index in [1.165, 1.54) is 12.8 Å². The zero-order valence-corrected chi connectivity index (χ0v) is 20.1. The molecule has 0 radical (unpaired) electrons. The molecular weight excluding hydrogens is 491 g/mol. The van der Waals surface area contributed by atoms with Gasteiger partial charge < -0.3 is 15.0 Å². The second-order valence-electron chi connectivity index (χ2n) is 6.89. The van der Waals surface area contributed by atoms with Crippen molar-refractivity contribution in [2.45, 2.75) is 31.6 Å². The van der Waals surface area contributed by atoms with Crippen molar-refractivity contribution in [1.82, 2.24) is 14.9 Å². The summed E-state index contributed by atoms with van der Waals surface area (Å²) < 4.78 is 32.8. The van der Waals surface area contributed by atoms with Crippen LogP contribution in [0, 0.1) is 12.8 Å². The number of hydrogen-bond acceptors (Lipinski definition) is 4. The van der Waals surface area contributed by atoms with E-state index in [0.29, 0.717) is 13.2 Å².